The molecule has 0 radical (unpaired) electrons. The maximum Gasteiger partial charge on any atom is 0.305 e. The third kappa shape index (κ3) is 4.34. The summed E-state index contributed by atoms with van der Waals surface area (Å²) in [5.74, 6) is 1.80. The molecule has 5 nitrogen and oxygen atoms in total. The minimum atomic E-state index is -0.261. The molecule has 1 aromatic rings. The lowest BCUT2D eigenvalue weighted by atomic mass is 9.84. The van der Waals surface area contributed by atoms with Crippen molar-refractivity contribution in [2.45, 2.75) is 51.6 Å². The average molecular weight is 372 g/mol. The highest BCUT2D eigenvalue weighted by atomic mass is 16.5. The minimum absolute atomic E-state index is 0.174. The number of aryl methyl sites for hydroxylation is 1. The van der Waals surface area contributed by atoms with Gasteiger partial charge in [0.05, 0.1) is 7.11 Å². The van der Waals surface area contributed by atoms with Gasteiger partial charge in [0.2, 0.25) is 0 Å². The maximum atomic E-state index is 11.3. The third-order valence-corrected chi connectivity index (χ3v) is 5.63. The molecule has 146 valence electrons. The van der Waals surface area contributed by atoms with Crippen LogP contribution in [0.5, 0.6) is 5.75 Å². The van der Waals surface area contributed by atoms with Crippen LogP contribution in [-0.4, -0.2) is 31.8 Å². The van der Waals surface area contributed by atoms with Gasteiger partial charge < -0.3 is 14.2 Å². The van der Waals surface area contributed by atoms with Crippen molar-refractivity contribution >= 4 is 11.9 Å². The fraction of sp³-hybridized carbons (Fsp3) is 0.545. The van der Waals surface area contributed by atoms with E-state index in [9.17, 15) is 9.59 Å². The van der Waals surface area contributed by atoms with Gasteiger partial charge in [0, 0.05) is 24.8 Å². The molecule has 1 aliphatic carbocycles. The maximum absolute atomic E-state index is 11.3. The molecule has 0 aromatic heterocycles. The highest BCUT2D eigenvalue weighted by Gasteiger charge is 2.47. The molecule has 0 bridgehead atoms. The molecule has 1 aromatic carbocycles. The van der Waals surface area contributed by atoms with E-state index in [1.54, 1.807) is 0 Å². The summed E-state index contributed by atoms with van der Waals surface area (Å²) in [6.45, 7) is 3.99. The summed E-state index contributed by atoms with van der Waals surface area (Å²) in [7, 11) is 1.42. The lowest BCUT2D eigenvalue weighted by Crippen LogP contribution is -2.15. The Bertz CT molecular complexity index is 723. The van der Waals surface area contributed by atoms with Crippen molar-refractivity contribution in [1.29, 1.82) is 0 Å². The minimum Gasteiger partial charge on any atom is -0.489 e. The van der Waals surface area contributed by atoms with E-state index in [0.29, 0.717) is 30.8 Å². The van der Waals surface area contributed by atoms with Gasteiger partial charge in [-0.3, -0.25) is 9.59 Å². The smallest absolute Gasteiger partial charge is 0.305 e. The van der Waals surface area contributed by atoms with Crippen molar-refractivity contribution in [1.82, 2.24) is 0 Å². The predicted molar refractivity (Wildman–Crippen MR) is 102 cm³/mol. The van der Waals surface area contributed by atoms with E-state index in [1.165, 1.54) is 25.2 Å². The fourth-order valence-electron chi connectivity index (χ4n) is 4.37. The lowest BCUT2D eigenvalue weighted by molar-refractivity contribution is -0.141. The zero-order valence-electron chi connectivity index (χ0n) is 16.3. The van der Waals surface area contributed by atoms with Gasteiger partial charge in [-0.25, -0.2) is 0 Å². The molecule has 0 spiro atoms. The molecule has 0 amide bonds. The van der Waals surface area contributed by atoms with E-state index in [-0.39, 0.29) is 18.0 Å². The molecule has 3 rings (SSSR count). The summed E-state index contributed by atoms with van der Waals surface area (Å²) in [5.41, 5.74) is 2.43. The zero-order chi connectivity index (χ0) is 19.4. The van der Waals surface area contributed by atoms with E-state index < -0.39 is 0 Å². The van der Waals surface area contributed by atoms with Gasteiger partial charge in [0.1, 0.15) is 18.5 Å². The number of carbonyl (C=O) groups excluding carboxylic acids is 2. The molecule has 1 heterocycles. The van der Waals surface area contributed by atoms with Crippen LogP contribution in [0.1, 0.15) is 50.2 Å². The number of benzene rings is 1. The van der Waals surface area contributed by atoms with Crippen LogP contribution in [-0.2, 0) is 25.5 Å². The van der Waals surface area contributed by atoms with E-state index in [1.807, 2.05) is 6.08 Å². The number of methoxy groups -OCH3 is 1. The van der Waals surface area contributed by atoms with Crippen LogP contribution in [0.15, 0.2) is 30.4 Å². The Balaban J connectivity index is 1.72. The second-order valence-corrected chi connectivity index (χ2v) is 7.47. The molecule has 0 saturated heterocycles. The van der Waals surface area contributed by atoms with Gasteiger partial charge in [-0.1, -0.05) is 37.3 Å². The summed E-state index contributed by atoms with van der Waals surface area (Å²) in [6.07, 6.45) is 7.32. The van der Waals surface area contributed by atoms with Crippen LogP contribution in [0.3, 0.4) is 0 Å². The van der Waals surface area contributed by atoms with Crippen molar-refractivity contribution in [2.24, 2.45) is 11.8 Å². The molecule has 1 saturated carbocycles. The molecule has 4 atom stereocenters. The van der Waals surface area contributed by atoms with Crippen molar-refractivity contribution in [2.75, 3.05) is 13.7 Å². The first-order chi connectivity index (χ1) is 13.0. The monoisotopic (exact) mass is 372 g/mol. The number of esters is 2. The number of para-hydroxylation sites is 1. The molecule has 1 aliphatic heterocycles. The van der Waals surface area contributed by atoms with Crippen molar-refractivity contribution in [3.05, 3.63) is 41.5 Å². The Kier molecular flexibility index (Phi) is 6.19. The highest BCUT2D eigenvalue weighted by Crippen LogP contribution is 2.53. The Morgan fingerprint density at radius 2 is 2.15 bits per heavy atom. The van der Waals surface area contributed by atoms with Crippen LogP contribution in [0, 0.1) is 11.8 Å². The first-order valence-electron chi connectivity index (χ1n) is 9.66. The molecular weight excluding hydrogens is 344 g/mol. The Hall–Kier alpha value is -2.30. The van der Waals surface area contributed by atoms with Gasteiger partial charge in [0.15, 0.2) is 0 Å². The van der Waals surface area contributed by atoms with Crippen LogP contribution in [0.25, 0.3) is 0 Å². The molecule has 0 N–H and O–H groups in total. The molecule has 27 heavy (non-hydrogen) atoms. The van der Waals surface area contributed by atoms with Crippen molar-refractivity contribution in [3.63, 3.8) is 0 Å². The quantitative estimate of drug-likeness (QED) is 0.538. The topological polar surface area (TPSA) is 61.8 Å². The van der Waals surface area contributed by atoms with E-state index in [2.05, 4.69) is 31.2 Å². The summed E-state index contributed by atoms with van der Waals surface area (Å²) in [5, 5.41) is 0. The van der Waals surface area contributed by atoms with Crippen LogP contribution >= 0.6 is 0 Å². The standard InChI is InChI=1S/C22H28O5/c1-14-13-19-21(17(14)10-6-12-26-15(2)23)18-9-4-7-16(22(18)27-19)8-5-11-20(24)25-3/h4,6-7,9-10,14,17,19,21H,5,8,11-13H2,1-3H3/b10-6+/t14-,17+,19+,21+/m1/s1. The number of rotatable bonds is 7. The fourth-order valence-corrected chi connectivity index (χ4v) is 4.37. The van der Waals surface area contributed by atoms with Gasteiger partial charge >= 0.3 is 11.9 Å². The van der Waals surface area contributed by atoms with E-state index >= 15 is 0 Å². The van der Waals surface area contributed by atoms with E-state index in [4.69, 9.17) is 14.2 Å². The first kappa shape index (κ1) is 19.5. The molecule has 1 fully saturated rings. The summed E-state index contributed by atoms with van der Waals surface area (Å²) < 4.78 is 16.1. The molecule has 2 aliphatic rings. The van der Waals surface area contributed by atoms with Crippen LogP contribution in [0.2, 0.25) is 0 Å². The number of hydrogen-bond donors (Lipinski definition) is 0. The van der Waals surface area contributed by atoms with Gasteiger partial charge in [0.25, 0.3) is 0 Å². The zero-order valence-corrected chi connectivity index (χ0v) is 16.3. The normalized spacial score (nSPS) is 25.7. The highest BCUT2D eigenvalue weighted by molar-refractivity contribution is 5.69. The summed E-state index contributed by atoms with van der Waals surface area (Å²) in [6, 6.07) is 6.33. The predicted octanol–water partition coefficient (Wildman–Crippen LogP) is 3.80. The van der Waals surface area contributed by atoms with Crippen LogP contribution < -0.4 is 4.74 Å². The third-order valence-electron chi connectivity index (χ3n) is 5.63. The van der Waals surface area contributed by atoms with Crippen molar-refractivity contribution < 1.29 is 23.8 Å². The Morgan fingerprint density at radius 3 is 2.89 bits per heavy atom. The number of fused-ring (bicyclic) bond motifs is 3. The Labute approximate surface area is 160 Å². The largest absolute Gasteiger partial charge is 0.489 e. The van der Waals surface area contributed by atoms with Crippen molar-refractivity contribution in [3.8, 4) is 5.75 Å². The lowest BCUT2D eigenvalue weighted by Gasteiger charge is -2.18. The van der Waals surface area contributed by atoms with Gasteiger partial charge in [-0.2, -0.15) is 0 Å². The average Bonchev–Trinajstić information content (AvgIpc) is 3.14. The van der Waals surface area contributed by atoms with Gasteiger partial charge in [-0.05, 0) is 36.7 Å². The second-order valence-electron chi connectivity index (χ2n) is 7.47. The number of carbonyl (C=O) groups is 2. The number of allylic oxidation sites excluding steroid dienone is 1. The number of ether oxygens (including phenoxy) is 3. The van der Waals surface area contributed by atoms with Gasteiger partial charge in [-0.15, -0.1) is 0 Å². The molecule has 5 heteroatoms. The summed E-state index contributed by atoms with van der Waals surface area (Å²) in [4.78, 5) is 22.3. The molecular formula is C22H28O5. The first-order valence-corrected chi connectivity index (χ1v) is 9.66. The molecule has 0 unspecified atom stereocenters. The SMILES string of the molecule is COC(=O)CCCc1cccc2c1O[C@H]1C[C@@H](C)[C@H](/C=C/COC(C)=O)[C@@H]21. The summed E-state index contributed by atoms with van der Waals surface area (Å²) >= 11 is 0. The van der Waals surface area contributed by atoms with Crippen LogP contribution in [0.4, 0.5) is 0 Å². The second kappa shape index (κ2) is 8.59. The van der Waals surface area contributed by atoms with E-state index in [0.717, 1.165) is 25.0 Å². The number of hydrogen-bond acceptors (Lipinski definition) is 5. The Morgan fingerprint density at radius 1 is 1.33 bits per heavy atom.